The van der Waals surface area contributed by atoms with Gasteiger partial charge in [-0.15, -0.1) is 0 Å². The fourth-order valence-electron chi connectivity index (χ4n) is 2.58. The minimum absolute atomic E-state index is 0.0564. The molecule has 0 atom stereocenters. The summed E-state index contributed by atoms with van der Waals surface area (Å²) in [6.45, 7) is 10.9. The minimum Gasteiger partial charge on any atom is -0.296 e. The maximum atomic E-state index is 12.3. The van der Waals surface area contributed by atoms with Crippen molar-refractivity contribution in [2.75, 3.05) is 32.7 Å². The number of hydrogen-bond acceptors (Lipinski definition) is 3. The SMILES string of the molecule is CC(C)(C)N1CCN(CC(=O)c2ccc(Cl)cc2Cl)CC1. The molecule has 1 fully saturated rings. The van der Waals surface area contributed by atoms with Crippen molar-refractivity contribution in [1.82, 2.24) is 9.80 Å². The molecule has 0 saturated carbocycles. The van der Waals surface area contributed by atoms with Crippen molar-refractivity contribution in [3.8, 4) is 0 Å². The van der Waals surface area contributed by atoms with Gasteiger partial charge in [0.05, 0.1) is 11.6 Å². The number of nitrogens with zero attached hydrogens (tertiary/aromatic N) is 2. The Morgan fingerprint density at radius 1 is 1.14 bits per heavy atom. The lowest BCUT2D eigenvalue weighted by Crippen LogP contribution is -2.54. The molecule has 0 radical (unpaired) electrons. The van der Waals surface area contributed by atoms with Crippen LogP contribution >= 0.6 is 23.2 Å². The van der Waals surface area contributed by atoms with Gasteiger partial charge < -0.3 is 0 Å². The van der Waals surface area contributed by atoms with Crippen molar-refractivity contribution in [3.05, 3.63) is 33.8 Å². The van der Waals surface area contributed by atoms with E-state index in [0.717, 1.165) is 26.2 Å². The minimum atomic E-state index is 0.0564. The number of benzene rings is 1. The summed E-state index contributed by atoms with van der Waals surface area (Å²) in [7, 11) is 0. The van der Waals surface area contributed by atoms with E-state index >= 15 is 0 Å². The second-order valence-corrected chi connectivity index (χ2v) is 7.32. The fourth-order valence-corrected chi connectivity index (χ4v) is 3.09. The number of rotatable bonds is 3. The van der Waals surface area contributed by atoms with Crippen LogP contribution < -0.4 is 0 Å². The predicted molar refractivity (Wildman–Crippen MR) is 88.6 cm³/mol. The third-order valence-electron chi connectivity index (χ3n) is 3.92. The first-order chi connectivity index (χ1) is 9.77. The van der Waals surface area contributed by atoms with Gasteiger partial charge in [0.1, 0.15) is 0 Å². The molecule has 0 unspecified atom stereocenters. The Bertz CT molecular complexity index is 517. The van der Waals surface area contributed by atoms with E-state index in [2.05, 4.69) is 30.6 Å². The van der Waals surface area contributed by atoms with E-state index < -0.39 is 0 Å². The van der Waals surface area contributed by atoms with Crippen LogP contribution in [-0.2, 0) is 0 Å². The van der Waals surface area contributed by atoms with Crippen LogP contribution in [0.25, 0.3) is 0 Å². The quantitative estimate of drug-likeness (QED) is 0.792. The Labute approximate surface area is 136 Å². The van der Waals surface area contributed by atoms with Crippen LogP contribution in [0.5, 0.6) is 0 Å². The second-order valence-electron chi connectivity index (χ2n) is 6.48. The van der Waals surface area contributed by atoms with Crippen LogP contribution in [0.1, 0.15) is 31.1 Å². The van der Waals surface area contributed by atoms with Gasteiger partial charge in [0.25, 0.3) is 0 Å². The smallest absolute Gasteiger partial charge is 0.178 e. The monoisotopic (exact) mass is 328 g/mol. The first-order valence-electron chi connectivity index (χ1n) is 7.23. The highest BCUT2D eigenvalue weighted by Crippen LogP contribution is 2.22. The van der Waals surface area contributed by atoms with Gasteiger partial charge in [-0.25, -0.2) is 0 Å². The molecule has 0 bridgehead atoms. The molecule has 1 aromatic carbocycles. The van der Waals surface area contributed by atoms with Crippen LogP contribution in [-0.4, -0.2) is 53.8 Å². The molecule has 1 aromatic rings. The molecule has 0 aliphatic carbocycles. The average Bonchev–Trinajstić information content (AvgIpc) is 2.38. The van der Waals surface area contributed by atoms with Crippen LogP contribution in [0, 0.1) is 0 Å². The Morgan fingerprint density at radius 3 is 2.29 bits per heavy atom. The highest BCUT2D eigenvalue weighted by molar-refractivity contribution is 6.36. The molecule has 3 nitrogen and oxygen atoms in total. The van der Waals surface area contributed by atoms with E-state index in [1.807, 2.05) is 0 Å². The summed E-state index contributed by atoms with van der Waals surface area (Å²) in [5.74, 6) is 0.0564. The van der Waals surface area contributed by atoms with Gasteiger partial charge in [0, 0.05) is 42.3 Å². The lowest BCUT2D eigenvalue weighted by molar-refractivity contribution is 0.0579. The third-order valence-corrected chi connectivity index (χ3v) is 4.47. The molecular weight excluding hydrogens is 307 g/mol. The topological polar surface area (TPSA) is 23.6 Å². The van der Waals surface area contributed by atoms with Gasteiger partial charge in [-0.2, -0.15) is 0 Å². The summed E-state index contributed by atoms with van der Waals surface area (Å²) in [5, 5.41) is 0.983. The lowest BCUT2D eigenvalue weighted by atomic mass is 10.0. The molecular formula is C16H22Cl2N2O. The van der Waals surface area contributed by atoms with E-state index in [1.165, 1.54) is 0 Å². The maximum Gasteiger partial charge on any atom is 0.178 e. The van der Waals surface area contributed by atoms with E-state index in [4.69, 9.17) is 23.2 Å². The van der Waals surface area contributed by atoms with Gasteiger partial charge >= 0.3 is 0 Å². The number of halogens is 2. The van der Waals surface area contributed by atoms with Crippen molar-refractivity contribution < 1.29 is 4.79 Å². The normalized spacial score (nSPS) is 18.0. The van der Waals surface area contributed by atoms with E-state index in [-0.39, 0.29) is 11.3 Å². The van der Waals surface area contributed by atoms with Crippen LogP contribution in [0.2, 0.25) is 10.0 Å². The van der Waals surface area contributed by atoms with Gasteiger partial charge in [0.2, 0.25) is 0 Å². The highest BCUT2D eigenvalue weighted by Gasteiger charge is 2.26. The van der Waals surface area contributed by atoms with Crippen molar-refractivity contribution in [2.24, 2.45) is 0 Å². The molecule has 1 saturated heterocycles. The Hall–Kier alpha value is -0.610. The van der Waals surface area contributed by atoms with Gasteiger partial charge in [-0.05, 0) is 39.0 Å². The molecule has 1 aliphatic heterocycles. The number of piperazine rings is 1. The summed E-state index contributed by atoms with van der Waals surface area (Å²) in [4.78, 5) is 17.0. The summed E-state index contributed by atoms with van der Waals surface area (Å²) in [5.41, 5.74) is 0.745. The summed E-state index contributed by atoms with van der Waals surface area (Å²) < 4.78 is 0. The first-order valence-corrected chi connectivity index (χ1v) is 7.98. The molecule has 1 heterocycles. The van der Waals surface area contributed by atoms with Crippen molar-refractivity contribution in [2.45, 2.75) is 26.3 Å². The molecule has 0 amide bonds. The lowest BCUT2D eigenvalue weighted by Gasteiger charge is -2.42. The average molecular weight is 329 g/mol. The van der Waals surface area contributed by atoms with E-state index in [0.29, 0.717) is 22.2 Å². The van der Waals surface area contributed by atoms with Gasteiger partial charge in [0.15, 0.2) is 5.78 Å². The van der Waals surface area contributed by atoms with Crippen LogP contribution in [0.15, 0.2) is 18.2 Å². The summed E-state index contributed by atoms with van der Waals surface area (Å²) in [6, 6.07) is 5.03. The molecule has 21 heavy (non-hydrogen) atoms. The van der Waals surface area contributed by atoms with Crippen molar-refractivity contribution >= 4 is 29.0 Å². The zero-order valence-electron chi connectivity index (χ0n) is 12.8. The number of Topliss-reactive ketones (excluding diaryl/α,β-unsaturated/α-hetero) is 1. The number of carbonyl (C=O) groups is 1. The first kappa shape index (κ1) is 16.8. The van der Waals surface area contributed by atoms with Crippen LogP contribution in [0.3, 0.4) is 0 Å². The van der Waals surface area contributed by atoms with Gasteiger partial charge in [-0.3, -0.25) is 14.6 Å². The fraction of sp³-hybridized carbons (Fsp3) is 0.562. The largest absolute Gasteiger partial charge is 0.296 e. The third kappa shape index (κ3) is 4.43. The van der Waals surface area contributed by atoms with Crippen molar-refractivity contribution in [3.63, 3.8) is 0 Å². The molecule has 0 spiro atoms. The summed E-state index contributed by atoms with van der Waals surface area (Å²) in [6.07, 6.45) is 0. The van der Waals surface area contributed by atoms with E-state index in [1.54, 1.807) is 18.2 Å². The number of carbonyl (C=O) groups excluding carboxylic acids is 1. The predicted octanol–water partition coefficient (Wildman–Crippen LogP) is 3.59. The van der Waals surface area contributed by atoms with Crippen LogP contribution in [0.4, 0.5) is 0 Å². The number of ketones is 1. The standard InChI is InChI=1S/C16H22Cl2N2O/c1-16(2,3)20-8-6-19(7-9-20)11-15(21)13-5-4-12(17)10-14(13)18/h4-5,10H,6-9,11H2,1-3H3. The molecule has 2 rings (SSSR count). The summed E-state index contributed by atoms with van der Waals surface area (Å²) >= 11 is 12.0. The molecule has 1 aliphatic rings. The molecule has 0 aromatic heterocycles. The second kappa shape index (κ2) is 6.66. The number of hydrogen-bond donors (Lipinski definition) is 0. The highest BCUT2D eigenvalue weighted by atomic mass is 35.5. The zero-order valence-corrected chi connectivity index (χ0v) is 14.3. The Kier molecular flexibility index (Phi) is 5.31. The molecule has 116 valence electrons. The van der Waals surface area contributed by atoms with Crippen molar-refractivity contribution in [1.29, 1.82) is 0 Å². The van der Waals surface area contributed by atoms with E-state index in [9.17, 15) is 4.79 Å². The Balaban J connectivity index is 1.93. The Morgan fingerprint density at radius 2 is 1.76 bits per heavy atom. The zero-order chi connectivity index (χ0) is 15.6. The van der Waals surface area contributed by atoms with Gasteiger partial charge in [-0.1, -0.05) is 23.2 Å². The molecule has 5 heteroatoms. The molecule has 0 N–H and O–H groups in total. The maximum absolute atomic E-state index is 12.3.